The first-order valence-electron chi connectivity index (χ1n) is 12.5. The van der Waals surface area contributed by atoms with E-state index in [4.69, 9.17) is 15.6 Å². The molecule has 2 aromatic rings. The highest BCUT2D eigenvalue weighted by Gasteiger charge is 2.51. The molecule has 0 spiro atoms. The van der Waals surface area contributed by atoms with Gasteiger partial charge in [-0.25, -0.2) is 21.1 Å². The second kappa shape index (κ2) is 12.1. The molecule has 0 radical (unpaired) electrons. The number of carbonyl (C=O) groups is 1. The maximum atomic E-state index is 14.2. The highest BCUT2D eigenvalue weighted by molar-refractivity contribution is 7.92. The molecule has 2 unspecified atom stereocenters. The highest BCUT2D eigenvalue weighted by Crippen LogP contribution is 2.35. The Kier molecular flexibility index (Phi) is 9.58. The van der Waals surface area contributed by atoms with Gasteiger partial charge in [0.1, 0.15) is 11.1 Å². The number of ether oxygens (including phenoxy) is 1. The zero-order valence-electron chi connectivity index (χ0n) is 21.6. The molecule has 10 nitrogen and oxygen atoms in total. The molecule has 0 aromatic heterocycles. The fraction of sp³-hybridized carbons (Fsp3) is 0.500. The number of amides is 1. The van der Waals surface area contributed by atoms with Gasteiger partial charge in [-0.15, -0.1) is 0 Å². The summed E-state index contributed by atoms with van der Waals surface area (Å²) in [5.41, 5.74) is 5.37. The summed E-state index contributed by atoms with van der Waals surface area (Å²) in [6.07, 6.45) is 0.791. The van der Waals surface area contributed by atoms with Crippen LogP contribution in [0.15, 0.2) is 53.4 Å². The third kappa shape index (κ3) is 6.04. The second-order valence-corrected chi connectivity index (χ2v) is 13.7. The first kappa shape index (κ1) is 30.0. The Morgan fingerprint density at radius 3 is 2.42 bits per heavy atom. The van der Waals surface area contributed by atoms with Crippen molar-refractivity contribution in [3.05, 3.63) is 59.7 Å². The molecule has 0 fully saturated rings. The monoisotopic (exact) mass is 568 g/mol. The Hall–Kier alpha value is -2.51. The standard InChI is InChI=1S/C26H36N2O8S2/c1-3-21(16-19-8-5-4-6-9-19)28(38(34,35)22-10-11-23-20(17-22)12-14-36-23)25(31)26(2,18-30)24(27)37(32,33)15-7-13-29/h4-6,8-11,17,21,24,29-30H,3,7,12-16,18,27H2,1-2H3/t21?,24?,26-/m1/s1. The molecule has 0 saturated carbocycles. The molecular formula is C26H36N2O8S2. The van der Waals surface area contributed by atoms with Crippen molar-refractivity contribution in [2.45, 2.75) is 55.8 Å². The molecule has 0 saturated heterocycles. The summed E-state index contributed by atoms with van der Waals surface area (Å²) < 4.78 is 60.3. The molecule has 4 N–H and O–H groups in total. The van der Waals surface area contributed by atoms with E-state index in [2.05, 4.69) is 0 Å². The van der Waals surface area contributed by atoms with E-state index >= 15 is 0 Å². The van der Waals surface area contributed by atoms with Crippen molar-refractivity contribution in [3.63, 3.8) is 0 Å². The quantitative estimate of drug-likeness (QED) is 0.322. The normalized spacial score (nSPS) is 16.7. The van der Waals surface area contributed by atoms with Crippen molar-refractivity contribution >= 4 is 25.8 Å². The van der Waals surface area contributed by atoms with Gasteiger partial charge in [0.05, 0.1) is 35.3 Å². The molecule has 1 heterocycles. The Morgan fingerprint density at radius 1 is 1.13 bits per heavy atom. The van der Waals surface area contributed by atoms with Gasteiger partial charge in [0.2, 0.25) is 5.91 Å². The minimum Gasteiger partial charge on any atom is -0.493 e. The number of aliphatic hydroxyl groups excluding tert-OH is 2. The van der Waals surface area contributed by atoms with Crippen LogP contribution in [0.1, 0.15) is 37.8 Å². The lowest BCUT2D eigenvalue weighted by Gasteiger charge is -2.39. The van der Waals surface area contributed by atoms with Crippen LogP contribution in [-0.4, -0.2) is 74.3 Å². The fourth-order valence-corrected chi connectivity index (χ4v) is 8.06. The van der Waals surface area contributed by atoms with E-state index in [0.717, 1.165) is 12.5 Å². The predicted octanol–water partition coefficient (Wildman–Crippen LogP) is 1.24. The Bertz CT molecular complexity index is 1330. The van der Waals surface area contributed by atoms with Gasteiger partial charge in [-0.3, -0.25) is 4.79 Å². The summed E-state index contributed by atoms with van der Waals surface area (Å²) in [4.78, 5) is 14.0. The number of hydrogen-bond acceptors (Lipinski definition) is 9. The van der Waals surface area contributed by atoms with Crippen molar-refractivity contribution in [1.29, 1.82) is 0 Å². The van der Waals surface area contributed by atoms with Crippen LogP contribution in [0.25, 0.3) is 0 Å². The van der Waals surface area contributed by atoms with Crippen LogP contribution >= 0.6 is 0 Å². The lowest BCUT2D eigenvalue weighted by molar-refractivity contribution is -0.140. The Labute approximate surface area is 224 Å². The molecule has 2 aromatic carbocycles. The van der Waals surface area contributed by atoms with E-state index in [-0.39, 0.29) is 24.2 Å². The summed E-state index contributed by atoms with van der Waals surface area (Å²) >= 11 is 0. The first-order chi connectivity index (χ1) is 17.9. The molecule has 0 aliphatic carbocycles. The van der Waals surface area contributed by atoms with Crippen LogP contribution in [0, 0.1) is 5.41 Å². The molecule has 210 valence electrons. The van der Waals surface area contributed by atoms with Gasteiger partial charge >= 0.3 is 0 Å². The first-order valence-corrected chi connectivity index (χ1v) is 15.6. The summed E-state index contributed by atoms with van der Waals surface area (Å²) in [6.45, 7) is 1.89. The molecule has 3 atom stereocenters. The van der Waals surface area contributed by atoms with Crippen molar-refractivity contribution < 1.29 is 36.6 Å². The van der Waals surface area contributed by atoms with Crippen molar-refractivity contribution in [2.24, 2.45) is 11.1 Å². The number of carbonyl (C=O) groups excluding carboxylic acids is 1. The Balaban J connectivity index is 2.14. The summed E-state index contributed by atoms with van der Waals surface area (Å²) in [5.74, 6) is -1.07. The average Bonchev–Trinajstić information content (AvgIpc) is 3.39. The van der Waals surface area contributed by atoms with Crippen molar-refractivity contribution in [1.82, 2.24) is 4.31 Å². The molecule has 1 amide bonds. The van der Waals surface area contributed by atoms with Gasteiger partial charge in [0, 0.05) is 13.0 Å². The van der Waals surface area contributed by atoms with E-state index in [1.807, 2.05) is 6.07 Å². The number of nitrogens with zero attached hydrogens (tertiary/aromatic N) is 1. The zero-order chi connectivity index (χ0) is 28.1. The van der Waals surface area contributed by atoms with Crippen LogP contribution in [0.3, 0.4) is 0 Å². The summed E-state index contributed by atoms with van der Waals surface area (Å²) in [7, 11) is -8.70. The van der Waals surface area contributed by atoms with E-state index < -0.39 is 61.6 Å². The molecule has 0 bridgehead atoms. The maximum Gasteiger partial charge on any atom is 0.266 e. The fourth-order valence-electron chi connectivity index (χ4n) is 4.51. The molecule has 3 rings (SSSR count). The lowest BCUT2D eigenvalue weighted by Crippen LogP contribution is -2.60. The van der Waals surface area contributed by atoms with Gasteiger partial charge in [-0.1, -0.05) is 37.3 Å². The number of rotatable bonds is 13. The molecular weight excluding hydrogens is 532 g/mol. The summed E-state index contributed by atoms with van der Waals surface area (Å²) in [5, 5.41) is 17.5. The van der Waals surface area contributed by atoms with Gasteiger partial charge in [-0.05, 0) is 55.5 Å². The van der Waals surface area contributed by atoms with E-state index in [1.165, 1.54) is 18.2 Å². The number of hydrogen-bond donors (Lipinski definition) is 3. The minimum absolute atomic E-state index is 0.115. The maximum absolute atomic E-state index is 14.2. The zero-order valence-corrected chi connectivity index (χ0v) is 23.2. The van der Waals surface area contributed by atoms with Crippen molar-refractivity contribution in [3.8, 4) is 5.75 Å². The van der Waals surface area contributed by atoms with Gasteiger partial charge in [-0.2, -0.15) is 0 Å². The van der Waals surface area contributed by atoms with Gasteiger partial charge in [0.15, 0.2) is 9.84 Å². The van der Waals surface area contributed by atoms with Gasteiger partial charge < -0.3 is 20.7 Å². The number of sulfonamides is 1. The van der Waals surface area contributed by atoms with Crippen LogP contribution in [0.5, 0.6) is 5.75 Å². The van der Waals surface area contributed by atoms with Crippen LogP contribution in [0.4, 0.5) is 0 Å². The third-order valence-corrected chi connectivity index (χ3v) is 10.9. The smallest absolute Gasteiger partial charge is 0.266 e. The molecule has 38 heavy (non-hydrogen) atoms. The van der Waals surface area contributed by atoms with Crippen LogP contribution < -0.4 is 10.5 Å². The topological polar surface area (TPSA) is 164 Å². The Morgan fingerprint density at radius 2 is 1.82 bits per heavy atom. The number of benzene rings is 2. The largest absolute Gasteiger partial charge is 0.493 e. The number of aliphatic hydroxyl groups is 2. The second-order valence-electron chi connectivity index (χ2n) is 9.67. The summed E-state index contributed by atoms with van der Waals surface area (Å²) in [6, 6.07) is 12.5. The highest BCUT2D eigenvalue weighted by atomic mass is 32.2. The van der Waals surface area contributed by atoms with Crippen LogP contribution in [-0.2, 0) is 37.5 Å². The number of nitrogens with two attached hydrogens (primary N) is 1. The third-order valence-electron chi connectivity index (χ3n) is 6.95. The number of fused-ring (bicyclic) bond motifs is 1. The molecule has 12 heteroatoms. The van der Waals surface area contributed by atoms with Crippen LogP contribution in [0.2, 0.25) is 0 Å². The van der Waals surface area contributed by atoms with E-state index in [1.54, 1.807) is 31.2 Å². The van der Waals surface area contributed by atoms with E-state index in [9.17, 15) is 26.7 Å². The molecule has 1 aliphatic rings. The van der Waals surface area contributed by atoms with Crippen molar-refractivity contribution in [2.75, 3.05) is 25.6 Å². The SMILES string of the molecule is CCC(Cc1ccccc1)N(C(=O)[C@](C)(CO)C(N)S(=O)(=O)CCCO)S(=O)(=O)c1ccc2c(c1)CCO2. The average molecular weight is 569 g/mol. The minimum atomic E-state index is -4.52. The predicted molar refractivity (Wildman–Crippen MR) is 143 cm³/mol. The van der Waals surface area contributed by atoms with Gasteiger partial charge in [0.25, 0.3) is 10.0 Å². The number of sulfone groups is 1. The lowest BCUT2D eigenvalue weighted by atomic mass is 9.89. The van der Waals surface area contributed by atoms with E-state index in [0.29, 0.717) is 28.6 Å². The molecule has 1 aliphatic heterocycles.